The van der Waals surface area contributed by atoms with Gasteiger partial charge in [0.15, 0.2) is 11.5 Å². The first-order valence-electron chi connectivity index (χ1n) is 7.79. The molecule has 6 nitrogen and oxygen atoms in total. The Balaban J connectivity index is 1.84. The molecule has 0 unspecified atom stereocenters. The third kappa shape index (κ3) is 2.40. The van der Waals surface area contributed by atoms with Crippen LogP contribution in [0, 0.1) is 6.92 Å². The highest BCUT2D eigenvalue weighted by molar-refractivity contribution is 7.92. The summed E-state index contributed by atoms with van der Waals surface area (Å²) in [6.45, 7) is 3.53. The Morgan fingerprint density at radius 1 is 1.12 bits per heavy atom. The molecule has 2 aliphatic rings. The fourth-order valence-electron chi connectivity index (χ4n) is 3.10. The Bertz CT molecular complexity index is 895. The predicted molar refractivity (Wildman–Crippen MR) is 90.0 cm³/mol. The van der Waals surface area contributed by atoms with Crippen LogP contribution in [-0.4, -0.2) is 28.3 Å². The lowest BCUT2D eigenvalue weighted by Gasteiger charge is -2.25. The molecule has 2 aromatic carbocycles. The lowest BCUT2D eigenvalue weighted by molar-refractivity contribution is 0.174. The average Bonchev–Trinajstić information content (AvgIpc) is 2.90. The lowest BCUT2D eigenvalue weighted by Crippen LogP contribution is -2.35. The number of aryl methyl sites for hydroxylation is 1. The van der Waals surface area contributed by atoms with Gasteiger partial charge >= 0.3 is 0 Å². The monoisotopic (exact) mass is 346 g/mol. The van der Waals surface area contributed by atoms with E-state index in [1.54, 1.807) is 19.1 Å². The van der Waals surface area contributed by atoms with Gasteiger partial charge in [-0.15, -0.1) is 0 Å². The number of rotatable bonds is 2. The average molecular weight is 346 g/mol. The van der Waals surface area contributed by atoms with E-state index in [2.05, 4.69) is 5.32 Å². The quantitative estimate of drug-likeness (QED) is 0.901. The minimum atomic E-state index is -3.69. The van der Waals surface area contributed by atoms with Gasteiger partial charge in [0.1, 0.15) is 0 Å². The highest BCUT2D eigenvalue weighted by atomic mass is 32.2. The number of hydrogen-bond acceptors (Lipinski definition) is 5. The molecular weight excluding hydrogens is 328 g/mol. The van der Waals surface area contributed by atoms with Crippen LogP contribution < -0.4 is 19.1 Å². The second kappa shape index (κ2) is 5.68. The first-order valence-corrected chi connectivity index (χ1v) is 9.23. The van der Waals surface area contributed by atoms with Crippen LogP contribution in [0.4, 0.5) is 5.69 Å². The number of para-hydroxylation sites is 1. The highest BCUT2D eigenvalue weighted by Gasteiger charge is 2.31. The molecule has 0 aromatic heterocycles. The van der Waals surface area contributed by atoms with E-state index in [-0.39, 0.29) is 11.7 Å². The summed E-state index contributed by atoms with van der Waals surface area (Å²) in [6.07, 6.45) is 0. The summed E-state index contributed by atoms with van der Waals surface area (Å²) >= 11 is 0. The lowest BCUT2D eigenvalue weighted by atomic mass is 10.2. The maximum atomic E-state index is 13.3. The van der Waals surface area contributed by atoms with Gasteiger partial charge in [0.2, 0.25) is 6.79 Å². The van der Waals surface area contributed by atoms with Crippen LogP contribution in [0.1, 0.15) is 11.1 Å². The topological polar surface area (TPSA) is 67.9 Å². The van der Waals surface area contributed by atoms with E-state index in [4.69, 9.17) is 9.47 Å². The van der Waals surface area contributed by atoms with E-state index in [0.29, 0.717) is 36.7 Å². The largest absolute Gasteiger partial charge is 0.454 e. The van der Waals surface area contributed by atoms with Gasteiger partial charge < -0.3 is 14.8 Å². The summed E-state index contributed by atoms with van der Waals surface area (Å²) in [6, 6.07) is 10.9. The summed E-state index contributed by atoms with van der Waals surface area (Å²) in [5, 5.41) is 3.26. The van der Waals surface area contributed by atoms with Gasteiger partial charge in [-0.25, -0.2) is 8.42 Å². The van der Waals surface area contributed by atoms with Crippen molar-refractivity contribution < 1.29 is 17.9 Å². The number of benzene rings is 2. The molecule has 0 aliphatic carbocycles. The molecule has 2 aliphatic heterocycles. The molecule has 0 fully saturated rings. The van der Waals surface area contributed by atoms with Crippen LogP contribution in [0.2, 0.25) is 0 Å². The number of hydrogen-bond donors (Lipinski definition) is 1. The van der Waals surface area contributed by atoms with Gasteiger partial charge in [-0.3, -0.25) is 4.31 Å². The Labute approximate surface area is 141 Å². The maximum Gasteiger partial charge on any atom is 0.264 e. The van der Waals surface area contributed by atoms with Gasteiger partial charge in [0.05, 0.1) is 10.6 Å². The Morgan fingerprint density at radius 3 is 2.71 bits per heavy atom. The zero-order chi connectivity index (χ0) is 16.7. The Morgan fingerprint density at radius 2 is 1.88 bits per heavy atom. The van der Waals surface area contributed by atoms with Gasteiger partial charge in [-0.05, 0) is 30.2 Å². The predicted octanol–water partition coefficient (Wildman–Crippen LogP) is 2.02. The van der Waals surface area contributed by atoms with Crippen molar-refractivity contribution in [1.82, 2.24) is 5.32 Å². The fourth-order valence-corrected chi connectivity index (χ4v) is 4.83. The number of nitrogens with one attached hydrogen (secondary N) is 1. The Kier molecular flexibility index (Phi) is 3.62. The van der Waals surface area contributed by atoms with E-state index >= 15 is 0 Å². The molecule has 0 amide bonds. The van der Waals surface area contributed by atoms with E-state index in [1.807, 2.05) is 24.3 Å². The second-order valence-electron chi connectivity index (χ2n) is 5.85. The van der Waals surface area contributed by atoms with Gasteiger partial charge in [-0.2, -0.15) is 0 Å². The minimum absolute atomic E-state index is 0.120. The summed E-state index contributed by atoms with van der Waals surface area (Å²) in [5.74, 6) is 1.06. The van der Waals surface area contributed by atoms with Crippen molar-refractivity contribution in [3.63, 3.8) is 0 Å². The molecule has 126 valence electrons. The van der Waals surface area contributed by atoms with Crippen LogP contribution in [0.25, 0.3) is 0 Å². The summed E-state index contributed by atoms with van der Waals surface area (Å²) in [7, 11) is -3.69. The van der Waals surface area contributed by atoms with Crippen LogP contribution in [-0.2, 0) is 16.6 Å². The van der Waals surface area contributed by atoms with E-state index < -0.39 is 10.0 Å². The first kappa shape index (κ1) is 15.3. The molecule has 0 saturated carbocycles. The third-order valence-electron chi connectivity index (χ3n) is 4.31. The molecule has 0 spiro atoms. The van der Waals surface area contributed by atoms with Crippen molar-refractivity contribution in [2.45, 2.75) is 18.4 Å². The smallest absolute Gasteiger partial charge is 0.264 e. The van der Waals surface area contributed by atoms with Crippen molar-refractivity contribution in [2.24, 2.45) is 0 Å². The zero-order valence-corrected chi connectivity index (χ0v) is 14.1. The molecule has 7 heteroatoms. The summed E-state index contributed by atoms with van der Waals surface area (Å²) in [5.41, 5.74) is 2.34. The Hall–Kier alpha value is -2.25. The van der Waals surface area contributed by atoms with Crippen molar-refractivity contribution in [3.8, 4) is 11.5 Å². The SMILES string of the molecule is Cc1cc2c(cc1S(=O)(=O)N1CCNCc3ccccc31)OCO2. The summed E-state index contributed by atoms with van der Waals surface area (Å²) in [4.78, 5) is 0.253. The van der Waals surface area contributed by atoms with Gasteiger partial charge in [-0.1, -0.05) is 18.2 Å². The normalized spacial score (nSPS) is 16.6. The standard InChI is InChI=1S/C17H18N2O4S/c1-12-8-15-16(23-11-22-15)9-17(12)24(20,21)19-7-6-18-10-13-4-2-3-5-14(13)19/h2-5,8-9,18H,6-7,10-11H2,1H3. The minimum Gasteiger partial charge on any atom is -0.454 e. The fraction of sp³-hybridized carbons (Fsp3) is 0.294. The van der Waals surface area contributed by atoms with E-state index in [1.165, 1.54) is 4.31 Å². The van der Waals surface area contributed by atoms with Crippen molar-refractivity contribution >= 4 is 15.7 Å². The summed E-state index contributed by atoms with van der Waals surface area (Å²) < 4.78 is 38.8. The molecule has 0 saturated heterocycles. The van der Waals surface area contributed by atoms with Gasteiger partial charge in [0.25, 0.3) is 10.0 Å². The number of ether oxygens (including phenoxy) is 2. The van der Waals surface area contributed by atoms with Gasteiger partial charge in [0, 0.05) is 25.7 Å². The molecular formula is C17H18N2O4S. The first-order chi connectivity index (χ1) is 11.6. The van der Waals surface area contributed by atoms with Crippen molar-refractivity contribution in [2.75, 3.05) is 24.2 Å². The third-order valence-corrected chi connectivity index (χ3v) is 6.26. The maximum absolute atomic E-state index is 13.3. The highest BCUT2D eigenvalue weighted by Crippen LogP contribution is 2.38. The molecule has 2 heterocycles. The molecule has 2 aromatic rings. The van der Waals surface area contributed by atoms with Crippen LogP contribution in [0.15, 0.2) is 41.3 Å². The van der Waals surface area contributed by atoms with Crippen molar-refractivity contribution in [3.05, 3.63) is 47.5 Å². The molecule has 4 rings (SSSR count). The van der Waals surface area contributed by atoms with Crippen LogP contribution in [0.5, 0.6) is 11.5 Å². The second-order valence-corrected chi connectivity index (χ2v) is 7.68. The molecule has 0 radical (unpaired) electrons. The van der Waals surface area contributed by atoms with Crippen LogP contribution >= 0.6 is 0 Å². The van der Waals surface area contributed by atoms with Crippen LogP contribution in [0.3, 0.4) is 0 Å². The molecule has 0 bridgehead atoms. The molecule has 24 heavy (non-hydrogen) atoms. The molecule has 1 N–H and O–H groups in total. The van der Waals surface area contributed by atoms with E-state index in [0.717, 1.165) is 11.3 Å². The number of sulfonamides is 1. The zero-order valence-electron chi connectivity index (χ0n) is 13.3. The number of fused-ring (bicyclic) bond motifs is 2. The van der Waals surface area contributed by atoms with E-state index in [9.17, 15) is 8.42 Å². The number of anilines is 1. The molecule has 0 atom stereocenters. The van der Waals surface area contributed by atoms with Crippen molar-refractivity contribution in [1.29, 1.82) is 0 Å². The number of nitrogens with zero attached hydrogens (tertiary/aromatic N) is 1.